The van der Waals surface area contributed by atoms with E-state index in [2.05, 4.69) is 18.1 Å². The van der Waals surface area contributed by atoms with Crippen LogP contribution in [-0.2, 0) is 16.5 Å². The lowest BCUT2D eigenvalue weighted by molar-refractivity contribution is 0.0571. The van der Waals surface area contributed by atoms with Crippen LogP contribution in [0.1, 0.15) is 44.1 Å². The highest BCUT2D eigenvalue weighted by atomic mass is 16.5. The number of nitrogens with zero attached hydrogens (tertiary/aromatic N) is 5. The monoisotopic (exact) mass is 545 g/mol. The molecule has 2 saturated heterocycles. The van der Waals surface area contributed by atoms with Crippen molar-refractivity contribution in [1.82, 2.24) is 24.5 Å². The van der Waals surface area contributed by atoms with Gasteiger partial charge in [0, 0.05) is 49.3 Å². The van der Waals surface area contributed by atoms with Crippen molar-refractivity contribution in [1.29, 1.82) is 0 Å². The summed E-state index contributed by atoms with van der Waals surface area (Å²) in [4.78, 5) is 33.4. The lowest BCUT2D eigenvalue weighted by Crippen LogP contribution is -2.54. The van der Waals surface area contributed by atoms with E-state index in [1.165, 1.54) is 0 Å². The maximum atomic E-state index is 13.9. The van der Waals surface area contributed by atoms with Crippen molar-refractivity contribution in [2.45, 2.75) is 39.2 Å². The van der Waals surface area contributed by atoms with Crippen LogP contribution in [0.5, 0.6) is 0 Å². The number of para-hydroxylation sites is 1. The zero-order valence-electron chi connectivity index (χ0n) is 24.3. The Hall–Kier alpha value is -4.01. The van der Waals surface area contributed by atoms with Crippen molar-refractivity contribution in [2.75, 3.05) is 40.4 Å². The first kappa shape index (κ1) is 27.6. The molecule has 0 radical (unpaired) electrons. The van der Waals surface area contributed by atoms with Crippen LogP contribution in [0.3, 0.4) is 0 Å². The molecule has 0 aliphatic carbocycles. The Morgan fingerprint density at radius 2 is 1.93 bits per heavy atom. The van der Waals surface area contributed by atoms with Gasteiger partial charge in [-0.15, -0.1) is 0 Å². The van der Waals surface area contributed by atoms with E-state index in [-0.39, 0.29) is 17.9 Å². The first-order chi connectivity index (χ1) is 19.3. The van der Waals surface area contributed by atoms with Crippen LogP contribution in [0.2, 0.25) is 0 Å². The molecule has 3 amide bonds. The van der Waals surface area contributed by atoms with Crippen LogP contribution >= 0.6 is 0 Å². The number of hydrogen-bond donors (Lipinski definition) is 0. The van der Waals surface area contributed by atoms with Gasteiger partial charge in [0.05, 0.1) is 38.1 Å². The summed E-state index contributed by atoms with van der Waals surface area (Å²) in [5.74, 6) is 0.731. The molecule has 4 heterocycles. The predicted octanol–water partition coefficient (Wildman–Crippen LogP) is 4.85. The molecule has 2 fully saturated rings. The number of carbonyl (C=O) groups is 2. The number of methoxy groups -OCH3 is 2. The third-order valence-corrected chi connectivity index (χ3v) is 8.59. The van der Waals surface area contributed by atoms with Crippen molar-refractivity contribution >= 4 is 22.8 Å². The molecule has 0 saturated carbocycles. The van der Waals surface area contributed by atoms with Crippen LogP contribution in [0.4, 0.5) is 4.79 Å². The Bertz CT molecular complexity index is 1440. The van der Waals surface area contributed by atoms with Gasteiger partial charge in [-0.1, -0.05) is 31.2 Å². The van der Waals surface area contributed by atoms with Gasteiger partial charge in [0.1, 0.15) is 5.76 Å². The number of ether oxygens (including phenoxy) is 2. The fourth-order valence-corrected chi connectivity index (χ4v) is 6.71. The van der Waals surface area contributed by atoms with Gasteiger partial charge in [-0.05, 0) is 50.5 Å². The molecular formula is C31H39N5O4. The molecular weight excluding hydrogens is 506 g/mol. The largest absolute Gasteiger partial charge is 0.504 e. The summed E-state index contributed by atoms with van der Waals surface area (Å²) in [6, 6.07) is 7.81. The van der Waals surface area contributed by atoms with Gasteiger partial charge in [0.15, 0.2) is 5.69 Å². The standard InChI is InChI=1S/C31H39N5O4/c1-7-25(40-6)27-21(3)19-26-31(36(8-2)30(38)35(26)20-22(27)13-18-39-5)14-16-34(17-15-31)29(37)28-23-11-9-10-12-24(23)33(4)32-28/h7,9-13,18-19,21H,8,14-17,20H2,1-6H3/b18-13+,25-7+/t21-/m0/s1. The maximum Gasteiger partial charge on any atom is 0.325 e. The Kier molecular flexibility index (Phi) is 7.49. The zero-order chi connectivity index (χ0) is 28.6. The van der Waals surface area contributed by atoms with Crippen LogP contribution in [0.15, 0.2) is 71.4 Å². The molecule has 9 nitrogen and oxygen atoms in total. The number of piperidine rings is 1. The summed E-state index contributed by atoms with van der Waals surface area (Å²) in [6.45, 7) is 8.24. The molecule has 1 aromatic heterocycles. The number of aryl methyl sites for hydroxylation is 1. The molecule has 1 atom stereocenters. The van der Waals surface area contributed by atoms with Crippen LogP contribution < -0.4 is 0 Å². The van der Waals surface area contributed by atoms with Gasteiger partial charge in [0.2, 0.25) is 0 Å². The lowest BCUT2D eigenvalue weighted by atomic mass is 9.81. The number of aromatic nitrogens is 2. The number of likely N-dealkylation sites (tertiary alicyclic amines) is 1. The number of rotatable bonds is 6. The summed E-state index contributed by atoms with van der Waals surface area (Å²) in [5, 5.41) is 5.42. The highest BCUT2D eigenvalue weighted by molar-refractivity contribution is 6.05. The van der Waals surface area contributed by atoms with E-state index in [9.17, 15) is 9.59 Å². The van der Waals surface area contributed by atoms with Crippen LogP contribution in [0.25, 0.3) is 10.9 Å². The molecule has 5 rings (SSSR count). The SMILES string of the molecule is C/C=C(/OC)C1=C(/C=C/OC)CN2C(=O)N(CC)C3(CCN(C(=O)c4nn(C)c5ccccc45)CC3)C2=C[C@@H]1C. The summed E-state index contributed by atoms with van der Waals surface area (Å²) in [6.07, 6.45) is 9.09. The first-order valence-electron chi connectivity index (χ1n) is 14.0. The van der Waals surface area contributed by atoms with Gasteiger partial charge < -0.3 is 19.3 Å². The van der Waals surface area contributed by atoms with E-state index < -0.39 is 5.54 Å². The van der Waals surface area contributed by atoms with Gasteiger partial charge in [-0.2, -0.15) is 5.10 Å². The average Bonchev–Trinajstić information content (AvgIpc) is 3.34. The molecule has 2 aromatic rings. The van der Waals surface area contributed by atoms with Crippen LogP contribution in [-0.4, -0.2) is 82.4 Å². The Balaban J connectivity index is 1.48. The number of fused-ring (bicyclic) bond motifs is 3. The molecule has 0 bridgehead atoms. The van der Waals surface area contributed by atoms with Crippen molar-refractivity contribution in [3.05, 3.63) is 77.1 Å². The fraction of sp³-hybridized carbons (Fsp3) is 0.452. The first-order valence-corrected chi connectivity index (χ1v) is 14.0. The summed E-state index contributed by atoms with van der Waals surface area (Å²) in [5.41, 5.74) is 3.98. The number of amides is 3. The average molecular weight is 546 g/mol. The van der Waals surface area contributed by atoms with Gasteiger partial charge in [-0.3, -0.25) is 14.4 Å². The highest BCUT2D eigenvalue weighted by Gasteiger charge is 2.55. The van der Waals surface area contributed by atoms with E-state index in [1.807, 2.05) is 72.0 Å². The number of benzene rings is 1. The molecule has 1 aromatic carbocycles. The topological polar surface area (TPSA) is 80.1 Å². The fourth-order valence-electron chi connectivity index (χ4n) is 6.71. The molecule has 1 spiro atoms. The Labute approximate surface area is 236 Å². The third-order valence-electron chi connectivity index (χ3n) is 8.59. The number of allylic oxidation sites excluding steroid dienone is 3. The molecule has 3 aliphatic heterocycles. The number of hydrogen-bond acceptors (Lipinski definition) is 5. The quantitative estimate of drug-likeness (QED) is 0.485. The lowest BCUT2D eigenvalue weighted by Gasteiger charge is -2.44. The molecule has 3 aliphatic rings. The Morgan fingerprint density at radius 1 is 1.20 bits per heavy atom. The van der Waals surface area contributed by atoms with Crippen molar-refractivity contribution in [3.8, 4) is 0 Å². The van der Waals surface area contributed by atoms with Gasteiger partial charge in [-0.25, -0.2) is 4.79 Å². The molecule has 0 unspecified atom stereocenters. The second-order valence-electron chi connectivity index (χ2n) is 10.6. The molecule has 212 valence electrons. The smallest absolute Gasteiger partial charge is 0.325 e. The van der Waals surface area contributed by atoms with Crippen molar-refractivity contribution in [3.63, 3.8) is 0 Å². The van der Waals surface area contributed by atoms with Crippen molar-refractivity contribution in [2.24, 2.45) is 13.0 Å². The highest BCUT2D eigenvalue weighted by Crippen LogP contribution is 2.47. The Morgan fingerprint density at radius 3 is 2.58 bits per heavy atom. The predicted molar refractivity (Wildman–Crippen MR) is 154 cm³/mol. The zero-order valence-corrected chi connectivity index (χ0v) is 24.3. The minimum absolute atomic E-state index is 0.000424. The molecule has 40 heavy (non-hydrogen) atoms. The summed E-state index contributed by atoms with van der Waals surface area (Å²) >= 11 is 0. The second kappa shape index (κ2) is 10.9. The normalized spacial score (nSPS) is 21.4. The molecule has 0 N–H and O–H groups in total. The van der Waals surface area contributed by atoms with E-state index in [1.54, 1.807) is 25.2 Å². The summed E-state index contributed by atoms with van der Waals surface area (Å²) < 4.78 is 12.8. The number of carbonyl (C=O) groups excluding carboxylic acids is 2. The van der Waals surface area contributed by atoms with E-state index in [4.69, 9.17) is 9.47 Å². The van der Waals surface area contributed by atoms with E-state index >= 15 is 0 Å². The van der Waals surface area contributed by atoms with Crippen LogP contribution in [0, 0.1) is 5.92 Å². The van der Waals surface area contributed by atoms with Crippen molar-refractivity contribution < 1.29 is 19.1 Å². The van der Waals surface area contributed by atoms with Gasteiger partial charge >= 0.3 is 6.03 Å². The van der Waals surface area contributed by atoms with Gasteiger partial charge in [0.25, 0.3) is 5.91 Å². The third kappa shape index (κ3) is 4.28. The minimum atomic E-state index is -0.474. The summed E-state index contributed by atoms with van der Waals surface area (Å²) in [7, 11) is 5.16. The second-order valence-corrected chi connectivity index (χ2v) is 10.6. The number of urea groups is 1. The van der Waals surface area contributed by atoms with E-state index in [0.29, 0.717) is 44.7 Å². The molecule has 9 heteroatoms. The maximum absolute atomic E-state index is 13.9. The van der Waals surface area contributed by atoms with E-state index in [0.717, 1.165) is 33.5 Å². The number of likely N-dealkylation sites (N-methyl/N-ethyl adjacent to an activating group) is 1. The minimum Gasteiger partial charge on any atom is -0.504 e.